The van der Waals surface area contributed by atoms with Gasteiger partial charge in [0, 0.05) is 33.4 Å². The summed E-state index contributed by atoms with van der Waals surface area (Å²) in [5.74, 6) is 0.573. The summed E-state index contributed by atoms with van der Waals surface area (Å²) < 4.78 is 49.3. The predicted octanol–water partition coefficient (Wildman–Crippen LogP) is 4.27. The standard InChI is InChI=1S/C23H28F3N3O2/c1-27-22(28-14-17-5-7-20(8-6-17)23(24,25)26)29-15-18-3-2-4-19(13-18)16-31-21-9-11-30-12-10-21/h2-8,13,21H,9-12,14-16H2,1H3,(H2,27,28,29). The summed E-state index contributed by atoms with van der Waals surface area (Å²) in [6.45, 7) is 3.02. The number of aliphatic imine (C=N–C) groups is 1. The van der Waals surface area contributed by atoms with Crippen LogP contribution < -0.4 is 10.6 Å². The Bertz CT molecular complexity index is 848. The number of ether oxygens (including phenoxy) is 2. The van der Waals surface area contributed by atoms with Crippen molar-refractivity contribution in [2.75, 3.05) is 20.3 Å². The highest BCUT2D eigenvalue weighted by Crippen LogP contribution is 2.29. The van der Waals surface area contributed by atoms with E-state index in [0.29, 0.717) is 25.7 Å². The molecule has 0 radical (unpaired) electrons. The van der Waals surface area contributed by atoms with E-state index in [1.165, 1.54) is 12.1 Å². The molecule has 0 spiro atoms. The molecular weight excluding hydrogens is 407 g/mol. The molecule has 2 aromatic carbocycles. The second kappa shape index (κ2) is 11.2. The lowest BCUT2D eigenvalue weighted by Crippen LogP contribution is -2.36. The van der Waals surface area contributed by atoms with Crippen molar-refractivity contribution >= 4 is 5.96 Å². The fourth-order valence-corrected chi connectivity index (χ4v) is 3.29. The Hall–Kier alpha value is -2.58. The Morgan fingerprint density at radius 2 is 1.65 bits per heavy atom. The fourth-order valence-electron chi connectivity index (χ4n) is 3.29. The number of guanidine groups is 1. The first kappa shape index (κ1) is 23.1. The number of halogens is 3. The van der Waals surface area contributed by atoms with E-state index in [0.717, 1.165) is 54.9 Å². The van der Waals surface area contributed by atoms with Crippen molar-refractivity contribution in [3.63, 3.8) is 0 Å². The largest absolute Gasteiger partial charge is 0.416 e. The van der Waals surface area contributed by atoms with Crippen LogP contribution >= 0.6 is 0 Å². The highest BCUT2D eigenvalue weighted by Gasteiger charge is 2.29. The van der Waals surface area contributed by atoms with Gasteiger partial charge in [0.1, 0.15) is 0 Å². The first-order chi connectivity index (χ1) is 14.9. The highest BCUT2D eigenvalue weighted by atomic mass is 19.4. The SMILES string of the molecule is CN=C(NCc1ccc(C(F)(F)F)cc1)NCc1cccc(COC2CCOCC2)c1. The number of benzene rings is 2. The molecule has 3 rings (SSSR count). The van der Waals surface area contributed by atoms with Crippen LogP contribution in [-0.4, -0.2) is 32.3 Å². The van der Waals surface area contributed by atoms with Gasteiger partial charge in [-0.15, -0.1) is 0 Å². The van der Waals surface area contributed by atoms with Crippen LogP contribution in [0.3, 0.4) is 0 Å². The van der Waals surface area contributed by atoms with Crippen molar-refractivity contribution in [3.05, 3.63) is 70.8 Å². The number of nitrogens with one attached hydrogen (secondary N) is 2. The maximum absolute atomic E-state index is 12.7. The van der Waals surface area contributed by atoms with Gasteiger partial charge in [-0.3, -0.25) is 4.99 Å². The summed E-state index contributed by atoms with van der Waals surface area (Å²) in [5.41, 5.74) is 2.28. The van der Waals surface area contributed by atoms with Gasteiger partial charge in [0.05, 0.1) is 18.3 Å². The van der Waals surface area contributed by atoms with E-state index in [2.05, 4.69) is 21.7 Å². The molecule has 0 aliphatic carbocycles. The first-order valence-corrected chi connectivity index (χ1v) is 10.3. The molecule has 5 nitrogen and oxygen atoms in total. The zero-order valence-electron chi connectivity index (χ0n) is 17.5. The highest BCUT2D eigenvalue weighted by molar-refractivity contribution is 5.79. The smallest absolute Gasteiger partial charge is 0.381 e. The average molecular weight is 435 g/mol. The van der Waals surface area contributed by atoms with E-state index in [1.807, 2.05) is 18.2 Å². The van der Waals surface area contributed by atoms with Gasteiger partial charge in [0.2, 0.25) is 0 Å². The molecule has 31 heavy (non-hydrogen) atoms. The molecule has 8 heteroatoms. The lowest BCUT2D eigenvalue weighted by atomic mass is 10.1. The second-order valence-corrected chi connectivity index (χ2v) is 7.42. The minimum Gasteiger partial charge on any atom is -0.381 e. The molecule has 0 amide bonds. The average Bonchev–Trinajstić information content (AvgIpc) is 2.78. The molecule has 1 aliphatic rings. The lowest BCUT2D eigenvalue weighted by molar-refractivity contribution is -0.137. The monoisotopic (exact) mass is 435 g/mol. The third-order valence-corrected chi connectivity index (χ3v) is 5.07. The first-order valence-electron chi connectivity index (χ1n) is 10.3. The van der Waals surface area contributed by atoms with Crippen molar-refractivity contribution < 1.29 is 22.6 Å². The molecule has 0 unspecified atom stereocenters. The van der Waals surface area contributed by atoms with Gasteiger partial charge in [0.25, 0.3) is 0 Å². The Balaban J connectivity index is 1.45. The van der Waals surface area contributed by atoms with Crippen LogP contribution in [0.1, 0.15) is 35.1 Å². The molecule has 2 aromatic rings. The Morgan fingerprint density at radius 3 is 2.29 bits per heavy atom. The topological polar surface area (TPSA) is 54.9 Å². The number of hydrogen-bond acceptors (Lipinski definition) is 3. The van der Waals surface area contributed by atoms with E-state index in [1.54, 1.807) is 7.05 Å². The van der Waals surface area contributed by atoms with E-state index >= 15 is 0 Å². The summed E-state index contributed by atoms with van der Waals surface area (Å²) in [4.78, 5) is 4.17. The van der Waals surface area contributed by atoms with Gasteiger partial charge in [-0.05, 0) is 41.7 Å². The minimum absolute atomic E-state index is 0.253. The van der Waals surface area contributed by atoms with Crippen molar-refractivity contribution in [1.82, 2.24) is 10.6 Å². The third-order valence-electron chi connectivity index (χ3n) is 5.07. The molecule has 0 saturated carbocycles. The molecule has 0 bridgehead atoms. The van der Waals surface area contributed by atoms with Crippen LogP contribution in [0.25, 0.3) is 0 Å². The normalized spacial score (nSPS) is 15.7. The van der Waals surface area contributed by atoms with Gasteiger partial charge >= 0.3 is 6.18 Å². The molecule has 1 fully saturated rings. The maximum Gasteiger partial charge on any atom is 0.416 e. The third kappa shape index (κ3) is 7.56. The second-order valence-electron chi connectivity index (χ2n) is 7.42. The summed E-state index contributed by atoms with van der Waals surface area (Å²) in [7, 11) is 1.65. The molecule has 0 atom stereocenters. The predicted molar refractivity (Wildman–Crippen MR) is 114 cm³/mol. The summed E-state index contributed by atoms with van der Waals surface area (Å²) in [6, 6.07) is 13.3. The molecular formula is C23H28F3N3O2. The number of nitrogens with zero attached hydrogens (tertiary/aromatic N) is 1. The molecule has 1 saturated heterocycles. The van der Waals surface area contributed by atoms with Gasteiger partial charge < -0.3 is 20.1 Å². The van der Waals surface area contributed by atoms with Crippen LogP contribution in [0.2, 0.25) is 0 Å². The number of hydrogen-bond donors (Lipinski definition) is 2. The van der Waals surface area contributed by atoms with Crippen LogP contribution in [0.15, 0.2) is 53.5 Å². The van der Waals surface area contributed by atoms with E-state index in [4.69, 9.17) is 9.47 Å². The van der Waals surface area contributed by atoms with Gasteiger partial charge in [-0.1, -0.05) is 36.4 Å². The van der Waals surface area contributed by atoms with Crippen LogP contribution in [0, 0.1) is 0 Å². The zero-order chi connectivity index (χ0) is 22.1. The Kier molecular flexibility index (Phi) is 8.31. The summed E-state index contributed by atoms with van der Waals surface area (Å²) in [6.07, 6.45) is -2.21. The molecule has 0 aromatic heterocycles. The van der Waals surface area contributed by atoms with Gasteiger partial charge in [0.15, 0.2) is 5.96 Å². The van der Waals surface area contributed by atoms with Gasteiger partial charge in [-0.25, -0.2) is 0 Å². The Labute approximate surface area is 180 Å². The van der Waals surface area contributed by atoms with Crippen LogP contribution in [0.4, 0.5) is 13.2 Å². The number of rotatable bonds is 7. The number of alkyl halides is 3. The summed E-state index contributed by atoms with van der Waals surface area (Å²) >= 11 is 0. The molecule has 1 aliphatic heterocycles. The van der Waals surface area contributed by atoms with Crippen LogP contribution in [-0.2, 0) is 35.3 Å². The quantitative estimate of drug-likeness (QED) is 0.504. The zero-order valence-corrected chi connectivity index (χ0v) is 17.5. The summed E-state index contributed by atoms with van der Waals surface area (Å²) in [5, 5.41) is 6.34. The van der Waals surface area contributed by atoms with Crippen molar-refractivity contribution in [2.45, 2.75) is 44.8 Å². The van der Waals surface area contributed by atoms with E-state index < -0.39 is 11.7 Å². The minimum atomic E-state index is -4.33. The van der Waals surface area contributed by atoms with E-state index in [-0.39, 0.29) is 6.10 Å². The molecule has 1 heterocycles. The van der Waals surface area contributed by atoms with Gasteiger partial charge in [-0.2, -0.15) is 13.2 Å². The Morgan fingerprint density at radius 1 is 1.00 bits per heavy atom. The molecule has 2 N–H and O–H groups in total. The molecule has 168 valence electrons. The van der Waals surface area contributed by atoms with Crippen molar-refractivity contribution in [3.8, 4) is 0 Å². The van der Waals surface area contributed by atoms with Crippen molar-refractivity contribution in [2.24, 2.45) is 4.99 Å². The lowest BCUT2D eigenvalue weighted by Gasteiger charge is -2.22. The van der Waals surface area contributed by atoms with E-state index in [9.17, 15) is 13.2 Å². The fraction of sp³-hybridized carbons (Fsp3) is 0.435. The van der Waals surface area contributed by atoms with Crippen molar-refractivity contribution in [1.29, 1.82) is 0 Å². The van der Waals surface area contributed by atoms with Crippen LogP contribution in [0.5, 0.6) is 0 Å². The maximum atomic E-state index is 12.7.